The lowest BCUT2D eigenvalue weighted by Crippen LogP contribution is -2.30. The predicted molar refractivity (Wildman–Crippen MR) is 362 cm³/mol. The number of hydrogen-bond acceptors (Lipinski definition) is 6. The summed E-state index contributed by atoms with van der Waals surface area (Å²) >= 11 is 0. The van der Waals surface area contributed by atoms with E-state index in [9.17, 15) is 14.4 Å². The third-order valence-electron chi connectivity index (χ3n) is 17.1. The Morgan fingerprint density at radius 2 is 0.434 bits per heavy atom. The van der Waals surface area contributed by atoms with Gasteiger partial charge in [-0.15, -0.1) is 0 Å². The number of carbonyl (C=O) groups excluding carboxylic acids is 3. The monoisotopic (exact) mass is 1170 g/mol. The van der Waals surface area contributed by atoms with Gasteiger partial charge in [-0.05, 0) is 77.0 Å². The quantitative estimate of drug-likeness (QED) is 0.0261. The van der Waals surface area contributed by atoms with Gasteiger partial charge in [0, 0.05) is 19.3 Å². The highest BCUT2D eigenvalue weighted by atomic mass is 16.6. The van der Waals surface area contributed by atoms with E-state index in [-0.39, 0.29) is 31.1 Å². The highest BCUT2D eigenvalue weighted by Crippen LogP contribution is 2.19. The summed E-state index contributed by atoms with van der Waals surface area (Å²) in [5, 5.41) is 0. The van der Waals surface area contributed by atoms with Gasteiger partial charge < -0.3 is 14.2 Å². The molecule has 6 heteroatoms. The molecule has 0 amide bonds. The van der Waals surface area contributed by atoms with Crippen molar-refractivity contribution in [3.63, 3.8) is 0 Å². The van der Waals surface area contributed by atoms with Crippen LogP contribution in [0.2, 0.25) is 0 Å². The summed E-state index contributed by atoms with van der Waals surface area (Å²) in [5.74, 6) is -0.872. The third kappa shape index (κ3) is 70.3. The van der Waals surface area contributed by atoms with Crippen LogP contribution in [-0.4, -0.2) is 37.2 Å². The molecular weight excluding hydrogens is 1020 g/mol. The first-order valence-corrected chi connectivity index (χ1v) is 37.5. The molecule has 0 aromatic rings. The molecule has 0 saturated heterocycles. The van der Waals surface area contributed by atoms with Crippen LogP contribution in [0.3, 0.4) is 0 Å². The fourth-order valence-corrected chi connectivity index (χ4v) is 11.5. The number of hydrogen-bond donors (Lipinski definition) is 0. The lowest BCUT2D eigenvalue weighted by molar-refractivity contribution is -0.167. The predicted octanol–water partition coefficient (Wildman–Crippen LogP) is 25.9. The summed E-state index contributed by atoms with van der Waals surface area (Å²) in [7, 11) is 0. The number of esters is 3. The van der Waals surface area contributed by atoms with Crippen LogP contribution in [0, 0.1) is 0 Å². The molecular formula is C77H144O6. The van der Waals surface area contributed by atoms with Gasteiger partial charge in [-0.25, -0.2) is 0 Å². The second-order valence-electron chi connectivity index (χ2n) is 25.6. The van der Waals surface area contributed by atoms with Crippen molar-refractivity contribution in [2.75, 3.05) is 13.2 Å². The molecule has 0 rings (SSSR count). The van der Waals surface area contributed by atoms with Crippen molar-refractivity contribution < 1.29 is 28.6 Å². The molecule has 83 heavy (non-hydrogen) atoms. The normalized spacial score (nSPS) is 12.2. The van der Waals surface area contributed by atoms with Gasteiger partial charge in [0.15, 0.2) is 6.10 Å². The highest BCUT2D eigenvalue weighted by molar-refractivity contribution is 5.71. The maximum atomic E-state index is 12.9. The van der Waals surface area contributed by atoms with E-state index < -0.39 is 6.10 Å². The second-order valence-corrected chi connectivity index (χ2v) is 25.6. The van der Waals surface area contributed by atoms with Crippen molar-refractivity contribution in [2.45, 2.75) is 425 Å². The van der Waals surface area contributed by atoms with Crippen LogP contribution in [0.15, 0.2) is 36.5 Å². The number of carbonyl (C=O) groups is 3. The SMILES string of the molecule is CCCCCC/C=C\C/C=C\CCCCCCCC(=O)OC(COC(=O)CCCCCCC/C=C\CCCCCCCC)COC(=O)CCCCCCCCCCCCCCCCCCCCCCCCCCCCCCCCCCCC. The zero-order valence-corrected chi connectivity index (χ0v) is 56.2. The summed E-state index contributed by atoms with van der Waals surface area (Å²) in [6, 6.07) is 0. The molecule has 488 valence electrons. The van der Waals surface area contributed by atoms with E-state index >= 15 is 0 Å². The summed E-state index contributed by atoms with van der Waals surface area (Å²) in [5.41, 5.74) is 0. The van der Waals surface area contributed by atoms with E-state index in [1.165, 1.54) is 289 Å². The Labute approximate surface area is 518 Å². The minimum absolute atomic E-state index is 0.0762. The van der Waals surface area contributed by atoms with Crippen LogP contribution in [0.25, 0.3) is 0 Å². The maximum Gasteiger partial charge on any atom is 0.306 e. The molecule has 1 atom stereocenters. The molecule has 0 aliphatic heterocycles. The minimum atomic E-state index is -0.782. The minimum Gasteiger partial charge on any atom is -0.462 e. The summed E-state index contributed by atoms with van der Waals surface area (Å²) in [4.78, 5) is 38.4. The Kier molecular flexibility index (Phi) is 70.0. The van der Waals surface area contributed by atoms with Gasteiger partial charge in [0.25, 0.3) is 0 Å². The summed E-state index contributed by atoms with van der Waals surface area (Å²) in [6.45, 7) is 6.67. The number of allylic oxidation sites excluding steroid dienone is 6. The average Bonchev–Trinajstić information content (AvgIpc) is 3.50. The first-order valence-electron chi connectivity index (χ1n) is 37.5. The van der Waals surface area contributed by atoms with Crippen LogP contribution >= 0.6 is 0 Å². The second kappa shape index (κ2) is 72.1. The number of ether oxygens (including phenoxy) is 3. The van der Waals surface area contributed by atoms with Gasteiger partial charge in [0.05, 0.1) is 0 Å². The number of unbranched alkanes of at least 4 members (excludes halogenated alkanes) is 53. The fraction of sp³-hybridized carbons (Fsp3) is 0.883. The van der Waals surface area contributed by atoms with Gasteiger partial charge in [0.1, 0.15) is 13.2 Å². The molecule has 0 aliphatic carbocycles. The average molecular weight is 1170 g/mol. The molecule has 0 aliphatic rings. The lowest BCUT2D eigenvalue weighted by Gasteiger charge is -2.18. The first-order chi connectivity index (χ1) is 41.0. The standard InChI is InChI=1S/C77H144O6/c1-4-7-10-13-16-19-22-25-28-30-31-32-33-34-35-36-37-38-39-40-41-42-43-44-45-46-47-50-52-55-58-61-64-67-70-76(79)82-73-74(72-81-75(78)69-66-63-60-57-54-51-48-27-24-21-18-15-12-9-6-3)83-77(80)71-68-65-62-59-56-53-49-29-26-23-20-17-14-11-8-5-2/h20,23,27,29,48-49,74H,4-19,21-22,24-26,28,30-47,50-73H2,1-3H3/b23-20-,48-27-,49-29-. The largest absolute Gasteiger partial charge is 0.462 e. The van der Waals surface area contributed by atoms with E-state index in [1.807, 2.05) is 0 Å². The zero-order valence-electron chi connectivity index (χ0n) is 56.2. The van der Waals surface area contributed by atoms with Crippen molar-refractivity contribution in [3.8, 4) is 0 Å². The fourth-order valence-electron chi connectivity index (χ4n) is 11.5. The Morgan fingerprint density at radius 1 is 0.241 bits per heavy atom. The van der Waals surface area contributed by atoms with E-state index in [4.69, 9.17) is 14.2 Å². The van der Waals surface area contributed by atoms with E-state index in [0.717, 1.165) is 89.9 Å². The molecule has 0 aromatic carbocycles. The van der Waals surface area contributed by atoms with Crippen molar-refractivity contribution in [2.24, 2.45) is 0 Å². The van der Waals surface area contributed by atoms with E-state index in [0.29, 0.717) is 19.3 Å². The van der Waals surface area contributed by atoms with Gasteiger partial charge >= 0.3 is 17.9 Å². The molecule has 0 N–H and O–H groups in total. The molecule has 1 unspecified atom stereocenters. The van der Waals surface area contributed by atoms with Gasteiger partial charge in [-0.1, -0.05) is 359 Å². The lowest BCUT2D eigenvalue weighted by atomic mass is 10.0. The maximum absolute atomic E-state index is 12.9. The van der Waals surface area contributed by atoms with Crippen molar-refractivity contribution in [3.05, 3.63) is 36.5 Å². The van der Waals surface area contributed by atoms with Crippen molar-refractivity contribution >= 4 is 17.9 Å². The summed E-state index contributed by atoms with van der Waals surface area (Å²) in [6.07, 6.45) is 90.6. The molecule has 0 bridgehead atoms. The van der Waals surface area contributed by atoms with Crippen LogP contribution < -0.4 is 0 Å². The first kappa shape index (κ1) is 80.6. The van der Waals surface area contributed by atoms with Gasteiger partial charge in [-0.2, -0.15) is 0 Å². The van der Waals surface area contributed by atoms with Crippen LogP contribution in [-0.2, 0) is 28.6 Å². The zero-order chi connectivity index (χ0) is 59.9. The van der Waals surface area contributed by atoms with E-state index in [1.54, 1.807) is 0 Å². The van der Waals surface area contributed by atoms with Crippen LogP contribution in [0.1, 0.15) is 419 Å². The van der Waals surface area contributed by atoms with Gasteiger partial charge in [0.2, 0.25) is 0 Å². The Hall–Kier alpha value is -2.37. The molecule has 0 fully saturated rings. The summed E-state index contributed by atoms with van der Waals surface area (Å²) < 4.78 is 17.0. The van der Waals surface area contributed by atoms with Crippen molar-refractivity contribution in [1.82, 2.24) is 0 Å². The van der Waals surface area contributed by atoms with Crippen molar-refractivity contribution in [1.29, 1.82) is 0 Å². The Balaban J connectivity index is 4.10. The number of rotatable bonds is 70. The van der Waals surface area contributed by atoms with Crippen LogP contribution in [0.5, 0.6) is 0 Å². The molecule has 0 spiro atoms. The molecule has 0 radical (unpaired) electrons. The van der Waals surface area contributed by atoms with Crippen LogP contribution in [0.4, 0.5) is 0 Å². The molecule has 0 aromatic heterocycles. The topological polar surface area (TPSA) is 78.9 Å². The molecule has 0 saturated carbocycles. The molecule has 0 heterocycles. The van der Waals surface area contributed by atoms with Gasteiger partial charge in [-0.3, -0.25) is 14.4 Å². The Bertz CT molecular complexity index is 1380. The van der Waals surface area contributed by atoms with E-state index in [2.05, 4.69) is 57.2 Å². The Morgan fingerprint density at radius 3 is 0.687 bits per heavy atom. The third-order valence-corrected chi connectivity index (χ3v) is 17.1. The molecule has 6 nitrogen and oxygen atoms in total. The smallest absolute Gasteiger partial charge is 0.306 e. The highest BCUT2D eigenvalue weighted by Gasteiger charge is 2.19.